The molecule has 0 unspecified atom stereocenters. The maximum atomic E-state index is 13.6. The average molecular weight is 426 g/mol. The van der Waals surface area contributed by atoms with Crippen LogP contribution in [0.2, 0.25) is 0 Å². The summed E-state index contributed by atoms with van der Waals surface area (Å²) >= 11 is 5.40. The molecule has 1 aromatic carbocycles. The average Bonchev–Trinajstić information content (AvgIpc) is 2.77. The Labute approximate surface area is 179 Å². The standard InChI is InChI=1S/C22H21F2N5S/c23-19-4-3-15(12-20(19)24)16-5-9-26-21(13-16)29-10-6-17(7-11-29)27-22(30)28-18-2-1-8-25-14-18/h1-5,8-9,12-14,17H,6-7,10-11H2,(H2,27,28,30). The van der Waals surface area contributed by atoms with Crippen LogP contribution >= 0.6 is 12.2 Å². The molecule has 0 spiro atoms. The first kappa shape index (κ1) is 20.2. The number of nitrogens with one attached hydrogen (secondary N) is 2. The van der Waals surface area contributed by atoms with Crippen molar-refractivity contribution in [3.05, 3.63) is 72.7 Å². The molecule has 0 amide bonds. The second kappa shape index (κ2) is 9.13. The van der Waals surface area contributed by atoms with Gasteiger partial charge in [-0.05, 0) is 72.6 Å². The molecule has 30 heavy (non-hydrogen) atoms. The number of halogens is 2. The third-order valence-electron chi connectivity index (χ3n) is 5.07. The van der Waals surface area contributed by atoms with Crippen molar-refractivity contribution in [3.8, 4) is 11.1 Å². The Morgan fingerprint density at radius 2 is 1.80 bits per heavy atom. The SMILES string of the molecule is Fc1ccc(-c2ccnc(N3CCC(NC(=S)Nc4cccnc4)CC3)c2)cc1F. The van der Waals surface area contributed by atoms with Crippen molar-refractivity contribution in [2.24, 2.45) is 0 Å². The zero-order valence-corrected chi connectivity index (χ0v) is 17.0. The highest BCUT2D eigenvalue weighted by atomic mass is 32.1. The molecular formula is C22H21F2N5S. The van der Waals surface area contributed by atoms with Crippen LogP contribution in [0.3, 0.4) is 0 Å². The van der Waals surface area contributed by atoms with Gasteiger partial charge in [0.05, 0.1) is 11.9 Å². The molecule has 154 valence electrons. The number of piperidine rings is 1. The van der Waals surface area contributed by atoms with Gasteiger partial charge in [0.1, 0.15) is 5.82 Å². The first-order valence-corrected chi connectivity index (χ1v) is 10.1. The van der Waals surface area contributed by atoms with E-state index in [0.717, 1.165) is 49.1 Å². The van der Waals surface area contributed by atoms with E-state index in [0.29, 0.717) is 10.7 Å². The molecule has 0 radical (unpaired) electrons. The molecule has 0 atom stereocenters. The number of thiocarbonyl (C=S) groups is 1. The van der Waals surface area contributed by atoms with Crippen molar-refractivity contribution in [2.45, 2.75) is 18.9 Å². The van der Waals surface area contributed by atoms with E-state index < -0.39 is 11.6 Å². The van der Waals surface area contributed by atoms with Crippen LogP contribution < -0.4 is 15.5 Å². The predicted octanol–water partition coefficient (Wildman–Crippen LogP) is 4.38. The van der Waals surface area contributed by atoms with Gasteiger partial charge in [-0.15, -0.1) is 0 Å². The van der Waals surface area contributed by atoms with E-state index in [2.05, 4.69) is 25.5 Å². The summed E-state index contributed by atoms with van der Waals surface area (Å²) in [6, 6.07) is 11.7. The molecule has 0 saturated carbocycles. The molecule has 0 bridgehead atoms. The van der Waals surface area contributed by atoms with E-state index in [9.17, 15) is 8.78 Å². The summed E-state index contributed by atoms with van der Waals surface area (Å²) in [4.78, 5) is 10.7. The summed E-state index contributed by atoms with van der Waals surface area (Å²) in [5.74, 6) is -0.876. The van der Waals surface area contributed by atoms with Gasteiger partial charge in [0.15, 0.2) is 16.7 Å². The van der Waals surface area contributed by atoms with Gasteiger partial charge in [-0.3, -0.25) is 4.98 Å². The predicted molar refractivity (Wildman–Crippen MR) is 118 cm³/mol. The van der Waals surface area contributed by atoms with Crippen molar-refractivity contribution in [1.82, 2.24) is 15.3 Å². The second-order valence-electron chi connectivity index (χ2n) is 7.13. The van der Waals surface area contributed by atoms with E-state index in [1.165, 1.54) is 6.07 Å². The Balaban J connectivity index is 1.35. The highest BCUT2D eigenvalue weighted by Gasteiger charge is 2.21. The van der Waals surface area contributed by atoms with Crippen LogP contribution in [0.5, 0.6) is 0 Å². The van der Waals surface area contributed by atoms with Crippen LogP contribution in [-0.4, -0.2) is 34.2 Å². The number of hydrogen-bond donors (Lipinski definition) is 2. The van der Waals surface area contributed by atoms with E-state index >= 15 is 0 Å². The Morgan fingerprint density at radius 1 is 1.00 bits per heavy atom. The number of rotatable bonds is 4. The smallest absolute Gasteiger partial charge is 0.171 e. The monoisotopic (exact) mass is 425 g/mol. The zero-order valence-electron chi connectivity index (χ0n) is 16.2. The molecule has 2 aromatic heterocycles. The van der Waals surface area contributed by atoms with Crippen LogP contribution in [-0.2, 0) is 0 Å². The summed E-state index contributed by atoms with van der Waals surface area (Å²) in [6.07, 6.45) is 6.95. The maximum Gasteiger partial charge on any atom is 0.171 e. The fourth-order valence-electron chi connectivity index (χ4n) is 3.49. The molecule has 1 aliphatic heterocycles. The van der Waals surface area contributed by atoms with Gasteiger partial charge in [-0.25, -0.2) is 13.8 Å². The van der Waals surface area contributed by atoms with Crippen molar-refractivity contribution in [1.29, 1.82) is 0 Å². The zero-order chi connectivity index (χ0) is 20.9. The van der Waals surface area contributed by atoms with Crippen molar-refractivity contribution in [3.63, 3.8) is 0 Å². The molecule has 1 fully saturated rings. The lowest BCUT2D eigenvalue weighted by Crippen LogP contribution is -2.46. The molecule has 8 heteroatoms. The van der Waals surface area contributed by atoms with E-state index in [-0.39, 0.29) is 6.04 Å². The lowest BCUT2D eigenvalue weighted by atomic mass is 10.0. The summed E-state index contributed by atoms with van der Waals surface area (Å²) in [6.45, 7) is 1.64. The topological polar surface area (TPSA) is 53.1 Å². The number of aromatic nitrogens is 2. The van der Waals surface area contributed by atoms with Gasteiger partial charge < -0.3 is 15.5 Å². The Hall–Kier alpha value is -3.13. The van der Waals surface area contributed by atoms with Crippen molar-refractivity contribution < 1.29 is 8.78 Å². The Morgan fingerprint density at radius 3 is 2.53 bits per heavy atom. The van der Waals surface area contributed by atoms with Crippen molar-refractivity contribution in [2.75, 3.05) is 23.3 Å². The second-order valence-corrected chi connectivity index (χ2v) is 7.54. The molecule has 2 N–H and O–H groups in total. The van der Waals surface area contributed by atoms with Crippen LogP contribution in [0.15, 0.2) is 61.1 Å². The largest absolute Gasteiger partial charge is 0.360 e. The fraction of sp³-hybridized carbons (Fsp3) is 0.227. The van der Waals surface area contributed by atoms with Crippen molar-refractivity contribution >= 4 is 28.8 Å². The molecule has 1 saturated heterocycles. The van der Waals surface area contributed by atoms with Crippen LogP contribution in [0, 0.1) is 11.6 Å². The number of nitrogens with zero attached hydrogens (tertiary/aromatic N) is 3. The van der Waals surface area contributed by atoms with Gasteiger partial charge in [-0.2, -0.15) is 0 Å². The maximum absolute atomic E-state index is 13.6. The van der Waals surface area contributed by atoms with Crippen LogP contribution in [0.25, 0.3) is 11.1 Å². The highest BCUT2D eigenvalue weighted by molar-refractivity contribution is 7.80. The molecule has 4 rings (SSSR count). The van der Waals surface area contributed by atoms with Gasteiger partial charge in [0.2, 0.25) is 0 Å². The van der Waals surface area contributed by atoms with Crippen LogP contribution in [0.4, 0.5) is 20.3 Å². The lowest BCUT2D eigenvalue weighted by Gasteiger charge is -2.33. The quantitative estimate of drug-likeness (QED) is 0.605. The Bertz CT molecular complexity index is 1020. The lowest BCUT2D eigenvalue weighted by molar-refractivity contribution is 0.466. The minimum atomic E-state index is -0.853. The number of benzene rings is 1. The summed E-state index contributed by atoms with van der Waals surface area (Å²) < 4.78 is 26.8. The number of pyridine rings is 2. The molecule has 3 heterocycles. The van der Waals surface area contributed by atoms with Crippen LogP contribution in [0.1, 0.15) is 12.8 Å². The summed E-state index contributed by atoms with van der Waals surface area (Å²) in [5.41, 5.74) is 2.28. The van der Waals surface area contributed by atoms with E-state index in [4.69, 9.17) is 12.2 Å². The summed E-state index contributed by atoms with van der Waals surface area (Å²) in [5, 5.41) is 7.08. The number of hydrogen-bond acceptors (Lipinski definition) is 4. The van der Waals surface area contributed by atoms with Gasteiger partial charge in [0.25, 0.3) is 0 Å². The van der Waals surface area contributed by atoms with Gasteiger partial charge in [0, 0.05) is 31.5 Å². The van der Waals surface area contributed by atoms with Gasteiger partial charge >= 0.3 is 0 Å². The molecular weight excluding hydrogens is 404 g/mol. The summed E-state index contributed by atoms with van der Waals surface area (Å²) in [7, 11) is 0. The molecule has 1 aliphatic rings. The third-order valence-corrected chi connectivity index (χ3v) is 5.29. The first-order valence-electron chi connectivity index (χ1n) is 9.72. The van der Waals surface area contributed by atoms with E-state index in [1.807, 2.05) is 18.2 Å². The first-order chi connectivity index (χ1) is 14.6. The normalized spacial score (nSPS) is 14.4. The fourth-order valence-corrected chi connectivity index (χ4v) is 3.77. The number of anilines is 2. The molecule has 0 aliphatic carbocycles. The minimum Gasteiger partial charge on any atom is -0.360 e. The highest BCUT2D eigenvalue weighted by Crippen LogP contribution is 2.26. The third kappa shape index (κ3) is 4.88. The van der Waals surface area contributed by atoms with Gasteiger partial charge in [-0.1, -0.05) is 6.07 Å². The minimum absolute atomic E-state index is 0.271. The molecule has 3 aromatic rings. The Kier molecular flexibility index (Phi) is 6.13. The molecule has 5 nitrogen and oxygen atoms in total. The van der Waals surface area contributed by atoms with E-state index in [1.54, 1.807) is 30.7 Å².